The van der Waals surface area contributed by atoms with Crippen LogP contribution in [0, 0.1) is 6.92 Å². The number of aryl methyl sites for hydroxylation is 1. The second kappa shape index (κ2) is 8.70. The molecule has 0 bridgehead atoms. The van der Waals surface area contributed by atoms with E-state index in [9.17, 15) is 8.42 Å². The van der Waals surface area contributed by atoms with Crippen LogP contribution in [0.15, 0.2) is 54.6 Å². The lowest BCUT2D eigenvalue weighted by Gasteiger charge is -2.17. The van der Waals surface area contributed by atoms with E-state index in [1.54, 1.807) is 24.3 Å². The van der Waals surface area contributed by atoms with Gasteiger partial charge in [-0.2, -0.15) is 8.42 Å². The van der Waals surface area contributed by atoms with E-state index in [0.29, 0.717) is 25.4 Å². The first-order valence-electron chi connectivity index (χ1n) is 7.80. The summed E-state index contributed by atoms with van der Waals surface area (Å²) in [5.74, 6) is 1.12. The normalized spacial score (nSPS) is 11.5. The van der Waals surface area contributed by atoms with Gasteiger partial charge in [0.1, 0.15) is 18.1 Å². The largest absolute Gasteiger partial charge is 0.492 e. The Morgan fingerprint density at radius 3 is 2.33 bits per heavy atom. The number of benzene rings is 2. The average Bonchev–Trinajstić information content (AvgIpc) is 2.55. The summed E-state index contributed by atoms with van der Waals surface area (Å²) in [4.78, 5) is 1.91. The fourth-order valence-electron chi connectivity index (χ4n) is 2.07. The molecule has 0 fully saturated rings. The molecule has 5 nitrogen and oxygen atoms in total. The summed E-state index contributed by atoms with van der Waals surface area (Å²) in [6, 6.07) is 16.3. The minimum atomic E-state index is -3.60. The molecule has 0 saturated heterocycles. The van der Waals surface area contributed by atoms with Gasteiger partial charge in [0, 0.05) is 13.1 Å². The first-order valence-corrected chi connectivity index (χ1v) is 9.38. The van der Waals surface area contributed by atoms with E-state index in [-0.39, 0.29) is 5.75 Å². The highest BCUT2D eigenvalue weighted by Gasteiger charge is 2.14. The standard InChI is InChI=1S/C18H23NO4S/c1-16-8-6-7-11-18(16)22-14-12-19(2)13-15-24(20,21)23-17-9-4-3-5-10-17/h3-11H,12-15H2,1-2H3. The molecule has 0 heterocycles. The second-order valence-corrected chi connectivity index (χ2v) is 7.27. The van der Waals surface area contributed by atoms with Crippen LogP contribution in [0.25, 0.3) is 0 Å². The molecule has 2 aromatic carbocycles. The van der Waals surface area contributed by atoms with Crippen molar-refractivity contribution in [3.8, 4) is 11.5 Å². The molecule has 2 aromatic rings. The highest BCUT2D eigenvalue weighted by molar-refractivity contribution is 7.87. The topological polar surface area (TPSA) is 55.8 Å². The van der Waals surface area contributed by atoms with Crippen LogP contribution in [-0.4, -0.2) is 45.8 Å². The Labute approximate surface area is 143 Å². The Bertz CT molecular complexity index is 732. The molecule has 0 radical (unpaired) electrons. The van der Waals surface area contributed by atoms with Crippen molar-refractivity contribution in [2.45, 2.75) is 6.92 Å². The molecular formula is C18H23NO4S. The quantitative estimate of drug-likeness (QED) is 0.652. The van der Waals surface area contributed by atoms with Crippen LogP contribution < -0.4 is 8.92 Å². The van der Waals surface area contributed by atoms with Crippen molar-refractivity contribution in [2.75, 3.05) is 32.5 Å². The third-order valence-corrected chi connectivity index (χ3v) is 4.64. The molecule has 130 valence electrons. The number of hydrogen-bond acceptors (Lipinski definition) is 5. The van der Waals surface area contributed by atoms with Gasteiger partial charge in [-0.05, 0) is 37.7 Å². The van der Waals surface area contributed by atoms with E-state index in [1.807, 2.05) is 49.2 Å². The van der Waals surface area contributed by atoms with Crippen molar-refractivity contribution in [3.05, 3.63) is 60.2 Å². The SMILES string of the molecule is Cc1ccccc1OCCN(C)CCS(=O)(=O)Oc1ccccc1. The Kier molecular flexibility index (Phi) is 6.63. The van der Waals surface area contributed by atoms with E-state index >= 15 is 0 Å². The maximum Gasteiger partial charge on any atom is 0.310 e. The lowest BCUT2D eigenvalue weighted by molar-refractivity contribution is 0.242. The Morgan fingerprint density at radius 1 is 0.958 bits per heavy atom. The molecule has 0 atom stereocenters. The Hall–Kier alpha value is -2.05. The van der Waals surface area contributed by atoms with E-state index in [1.165, 1.54) is 0 Å². The molecular weight excluding hydrogens is 326 g/mol. The zero-order chi connectivity index (χ0) is 17.4. The number of para-hydroxylation sites is 2. The van der Waals surface area contributed by atoms with Crippen LogP contribution >= 0.6 is 0 Å². The van der Waals surface area contributed by atoms with Crippen molar-refractivity contribution >= 4 is 10.1 Å². The number of likely N-dealkylation sites (N-methyl/N-ethyl adjacent to an activating group) is 1. The third-order valence-electron chi connectivity index (χ3n) is 3.51. The number of ether oxygens (including phenoxy) is 1. The summed E-state index contributed by atoms with van der Waals surface area (Å²) in [5, 5.41) is 0. The molecule has 0 aromatic heterocycles. The van der Waals surface area contributed by atoms with Crippen LogP contribution in [0.2, 0.25) is 0 Å². The molecule has 0 aliphatic heterocycles. The lowest BCUT2D eigenvalue weighted by atomic mass is 10.2. The van der Waals surface area contributed by atoms with Gasteiger partial charge in [-0.15, -0.1) is 0 Å². The predicted octanol–water partition coefficient (Wildman–Crippen LogP) is 2.71. The first-order chi connectivity index (χ1) is 11.5. The maximum absolute atomic E-state index is 12.0. The zero-order valence-electron chi connectivity index (χ0n) is 14.0. The van der Waals surface area contributed by atoms with Crippen LogP contribution in [-0.2, 0) is 10.1 Å². The van der Waals surface area contributed by atoms with Gasteiger partial charge in [-0.1, -0.05) is 36.4 Å². The first kappa shape index (κ1) is 18.3. The fraction of sp³-hybridized carbons (Fsp3) is 0.333. The van der Waals surface area contributed by atoms with Crippen molar-refractivity contribution in [1.29, 1.82) is 0 Å². The minimum Gasteiger partial charge on any atom is -0.492 e. The van der Waals surface area contributed by atoms with Crippen molar-refractivity contribution in [1.82, 2.24) is 4.90 Å². The summed E-state index contributed by atoms with van der Waals surface area (Å²) in [6.45, 7) is 3.51. The number of hydrogen-bond donors (Lipinski definition) is 0. The monoisotopic (exact) mass is 349 g/mol. The summed E-state index contributed by atoms with van der Waals surface area (Å²) >= 11 is 0. The van der Waals surface area contributed by atoms with Gasteiger partial charge in [0.25, 0.3) is 0 Å². The minimum absolute atomic E-state index is 0.0667. The lowest BCUT2D eigenvalue weighted by Crippen LogP contribution is -2.30. The zero-order valence-corrected chi connectivity index (χ0v) is 14.8. The van der Waals surface area contributed by atoms with Crippen molar-refractivity contribution in [2.24, 2.45) is 0 Å². The Balaban J connectivity index is 1.72. The Morgan fingerprint density at radius 2 is 1.62 bits per heavy atom. The van der Waals surface area contributed by atoms with Crippen molar-refractivity contribution in [3.63, 3.8) is 0 Å². The van der Waals surface area contributed by atoms with Crippen LogP contribution in [0.1, 0.15) is 5.56 Å². The average molecular weight is 349 g/mol. The van der Waals surface area contributed by atoms with Gasteiger partial charge in [0.05, 0.1) is 5.75 Å². The number of rotatable bonds is 9. The van der Waals surface area contributed by atoms with Gasteiger partial charge in [0.15, 0.2) is 0 Å². The highest BCUT2D eigenvalue weighted by atomic mass is 32.2. The van der Waals surface area contributed by atoms with E-state index in [4.69, 9.17) is 8.92 Å². The molecule has 0 aliphatic rings. The summed E-state index contributed by atoms with van der Waals surface area (Å²) in [6.07, 6.45) is 0. The summed E-state index contributed by atoms with van der Waals surface area (Å²) in [5.41, 5.74) is 1.08. The van der Waals surface area contributed by atoms with Gasteiger partial charge in [0.2, 0.25) is 0 Å². The number of nitrogens with zero attached hydrogens (tertiary/aromatic N) is 1. The van der Waals surface area contributed by atoms with Crippen LogP contribution in [0.3, 0.4) is 0 Å². The van der Waals surface area contributed by atoms with E-state index in [2.05, 4.69) is 0 Å². The maximum atomic E-state index is 12.0. The van der Waals surface area contributed by atoms with Gasteiger partial charge < -0.3 is 13.8 Å². The molecule has 6 heteroatoms. The molecule has 24 heavy (non-hydrogen) atoms. The smallest absolute Gasteiger partial charge is 0.310 e. The summed E-state index contributed by atoms with van der Waals surface area (Å²) < 4.78 is 34.7. The van der Waals surface area contributed by atoms with E-state index < -0.39 is 10.1 Å². The molecule has 0 saturated carbocycles. The molecule has 0 unspecified atom stereocenters. The van der Waals surface area contributed by atoms with Crippen LogP contribution in [0.5, 0.6) is 11.5 Å². The third kappa shape index (κ3) is 6.22. The van der Waals surface area contributed by atoms with Gasteiger partial charge in [-0.3, -0.25) is 0 Å². The summed E-state index contributed by atoms with van der Waals surface area (Å²) in [7, 11) is -1.74. The molecule has 0 N–H and O–H groups in total. The molecule has 0 aliphatic carbocycles. The van der Waals surface area contributed by atoms with Gasteiger partial charge >= 0.3 is 10.1 Å². The van der Waals surface area contributed by atoms with Crippen molar-refractivity contribution < 1.29 is 17.3 Å². The van der Waals surface area contributed by atoms with Gasteiger partial charge in [-0.25, -0.2) is 0 Å². The fourth-order valence-corrected chi connectivity index (χ4v) is 3.10. The second-order valence-electron chi connectivity index (χ2n) is 5.58. The molecule has 0 spiro atoms. The molecule has 2 rings (SSSR count). The highest BCUT2D eigenvalue weighted by Crippen LogP contribution is 2.16. The predicted molar refractivity (Wildman–Crippen MR) is 95.0 cm³/mol. The van der Waals surface area contributed by atoms with E-state index in [0.717, 1.165) is 11.3 Å². The van der Waals surface area contributed by atoms with Crippen LogP contribution in [0.4, 0.5) is 0 Å². The molecule has 0 amide bonds.